The van der Waals surface area contributed by atoms with Gasteiger partial charge in [-0.25, -0.2) is 13.4 Å². The van der Waals surface area contributed by atoms with E-state index in [9.17, 15) is 13.5 Å². The van der Waals surface area contributed by atoms with Gasteiger partial charge in [0.05, 0.1) is 5.75 Å². The highest BCUT2D eigenvalue weighted by Gasteiger charge is 2.33. The highest BCUT2D eigenvalue weighted by atomic mass is 35.5. The van der Waals surface area contributed by atoms with E-state index in [0.717, 1.165) is 0 Å². The van der Waals surface area contributed by atoms with Crippen LogP contribution in [0.15, 0.2) is 30.6 Å². The number of pyridine rings is 2. The number of aryl methyl sites for hydroxylation is 1. The van der Waals surface area contributed by atoms with E-state index >= 15 is 0 Å². The molecule has 108 valence electrons. The van der Waals surface area contributed by atoms with Crippen molar-refractivity contribution in [3.63, 3.8) is 0 Å². The van der Waals surface area contributed by atoms with Gasteiger partial charge in [-0.15, -0.1) is 0 Å². The van der Waals surface area contributed by atoms with Crippen molar-refractivity contribution in [1.29, 1.82) is 0 Å². The number of rotatable bonds is 1. The molecule has 0 aromatic carbocycles. The molecule has 0 bridgehead atoms. The van der Waals surface area contributed by atoms with Crippen LogP contribution in [0.4, 0.5) is 0 Å². The Morgan fingerprint density at radius 3 is 2.81 bits per heavy atom. The maximum Gasteiger partial charge on any atom is 0.186 e. The average Bonchev–Trinajstić information content (AvgIpc) is 2.40. The normalized spacial score (nSPS) is 16.7. The molecule has 5 nitrogen and oxygen atoms in total. The first-order valence-electron chi connectivity index (χ1n) is 6.13. The molecule has 2 aromatic heterocycles. The second kappa shape index (κ2) is 4.82. The number of halogens is 1. The minimum Gasteiger partial charge on any atom is -0.504 e. The van der Waals surface area contributed by atoms with Crippen LogP contribution in [0.1, 0.15) is 22.4 Å². The Labute approximate surface area is 126 Å². The van der Waals surface area contributed by atoms with Crippen LogP contribution in [0.3, 0.4) is 0 Å². The molecule has 21 heavy (non-hydrogen) atoms. The first-order valence-corrected chi connectivity index (χ1v) is 8.16. The fraction of sp³-hybridized carbons (Fsp3) is 0.143. The number of hydrogen-bond acceptors (Lipinski definition) is 5. The van der Waals surface area contributed by atoms with Crippen LogP contribution < -0.4 is 0 Å². The molecule has 0 aliphatic carbocycles. The third-order valence-electron chi connectivity index (χ3n) is 3.31. The van der Waals surface area contributed by atoms with E-state index in [1.807, 2.05) is 0 Å². The standard InChI is InChI=1S/C14H11ClN2O3S/c1-8-5-11(15)17-6-10(8)14-13(18)12-9(3-2-4-16-12)7-21(14,19)20/h2-6,18H,7H2,1H3. The number of nitrogens with zero attached hydrogens (tertiary/aromatic N) is 2. The van der Waals surface area contributed by atoms with Crippen molar-refractivity contribution in [2.45, 2.75) is 12.7 Å². The minimum absolute atomic E-state index is 0.143. The van der Waals surface area contributed by atoms with Crippen molar-refractivity contribution in [2.24, 2.45) is 0 Å². The highest BCUT2D eigenvalue weighted by molar-refractivity contribution is 8.00. The maximum absolute atomic E-state index is 12.5. The average molecular weight is 323 g/mol. The molecule has 0 saturated heterocycles. The van der Waals surface area contributed by atoms with Gasteiger partial charge in [0, 0.05) is 18.0 Å². The van der Waals surface area contributed by atoms with Gasteiger partial charge in [-0.2, -0.15) is 0 Å². The second-order valence-electron chi connectivity index (χ2n) is 4.77. The summed E-state index contributed by atoms with van der Waals surface area (Å²) < 4.78 is 25.0. The van der Waals surface area contributed by atoms with Crippen molar-refractivity contribution in [1.82, 2.24) is 9.97 Å². The Kier molecular flexibility index (Phi) is 3.22. The Balaban J connectivity index is 2.34. The van der Waals surface area contributed by atoms with Crippen LogP contribution in [-0.4, -0.2) is 23.5 Å². The highest BCUT2D eigenvalue weighted by Crippen LogP contribution is 2.38. The van der Waals surface area contributed by atoms with E-state index in [1.165, 1.54) is 12.4 Å². The smallest absolute Gasteiger partial charge is 0.186 e. The lowest BCUT2D eigenvalue weighted by molar-refractivity contribution is 0.508. The Bertz CT molecular complexity index is 876. The van der Waals surface area contributed by atoms with Crippen LogP contribution in [0.5, 0.6) is 0 Å². The van der Waals surface area contributed by atoms with E-state index < -0.39 is 9.84 Å². The van der Waals surface area contributed by atoms with Gasteiger partial charge in [0.25, 0.3) is 0 Å². The van der Waals surface area contributed by atoms with Gasteiger partial charge >= 0.3 is 0 Å². The largest absolute Gasteiger partial charge is 0.504 e. The molecule has 0 unspecified atom stereocenters. The lowest BCUT2D eigenvalue weighted by atomic mass is 10.1. The summed E-state index contributed by atoms with van der Waals surface area (Å²) in [6.07, 6.45) is 2.87. The molecule has 3 heterocycles. The van der Waals surface area contributed by atoms with E-state index in [-0.39, 0.29) is 27.3 Å². The number of hydrogen-bond donors (Lipinski definition) is 1. The molecule has 7 heteroatoms. The van der Waals surface area contributed by atoms with Gasteiger partial charge in [0.15, 0.2) is 15.6 Å². The molecule has 1 aliphatic rings. The van der Waals surface area contributed by atoms with Gasteiger partial charge in [-0.05, 0) is 30.2 Å². The van der Waals surface area contributed by atoms with Crippen LogP contribution in [0, 0.1) is 6.92 Å². The molecule has 3 rings (SSSR count). The summed E-state index contributed by atoms with van der Waals surface area (Å²) >= 11 is 5.79. The lowest BCUT2D eigenvalue weighted by Crippen LogP contribution is -2.17. The zero-order valence-electron chi connectivity index (χ0n) is 11.0. The predicted octanol–water partition coefficient (Wildman–Crippen LogP) is 2.75. The molecule has 0 fully saturated rings. The fourth-order valence-electron chi connectivity index (χ4n) is 2.35. The molecule has 0 spiro atoms. The zero-order valence-corrected chi connectivity index (χ0v) is 12.6. The first kappa shape index (κ1) is 14.0. The van der Waals surface area contributed by atoms with Gasteiger partial charge < -0.3 is 5.11 Å². The summed E-state index contributed by atoms with van der Waals surface area (Å²) in [5, 5.41) is 10.6. The third-order valence-corrected chi connectivity index (χ3v) is 5.24. The Morgan fingerprint density at radius 2 is 2.10 bits per heavy atom. The van der Waals surface area contributed by atoms with Gasteiger partial charge in [-0.1, -0.05) is 17.7 Å². The third kappa shape index (κ3) is 2.30. The molecular formula is C14H11ClN2O3S. The molecule has 1 aliphatic heterocycles. The quantitative estimate of drug-likeness (QED) is 0.816. The molecule has 0 saturated carbocycles. The summed E-state index contributed by atoms with van der Waals surface area (Å²) in [5.41, 5.74) is 1.74. The number of aliphatic hydroxyl groups excluding tert-OH is 1. The number of aromatic nitrogens is 2. The van der Waals surface area contributed by atoms with E-state index in [0.29, 0.717) is 16.7 Å². The Hall–Kier alpha value is -1.92. The minimum atomic E-state index is -3.67. The molecule has 1 N–H and O–H groups in total. The van der Waals surface area contributed by atoms with Crippen LogP contribution in [-0.2, 0) is 15.6 Å². The summed E-state index contributed by atoms with van der Waals surface area (Å²) in [4.78, 5) is 7.83. The molecule has 0 amide bonds. The predicted molar refractivity (Wildman–Crippen MR) is 80.3 cm³/mol. The van der Waals surface area contributed by atoms with Crippen LogP contribution >= 0.6 is 11.6 Å². The van der Waals surface area contributed by atoms with Crippen molar-refractivity contribution in [3.8, 4) is 0 Å². The number of aliphatic hydroxyl groups is 1. The maximum atomic E-state index is 12.5. The second-order valence-corrected chi connectivity index (χ2v) is 7.08. The zero-order chi connectivity index (χ0) is 15.2. The van der Waals surface area contributed by atoms with Crippen LogP contribution in [0.25, 0.3) is 10.7 Å². The molecule has 0 radical (unpaired) electrons. The van der Waals surface area contributed by atoms with Gasteiger partial charge in [-0.3, -0.25) is 4.98 Å². The first-order chi connectivity index (χ1) is 9.90. The molecule has 2 aromatic rings. The monoisotopic (exact) mass is 322 g/mol. The van der Waals surface area contributed by atoms with E-state index in [4.69, 9.17) is 11.6 Å². The van der Waals surface area contributed by atoms with E-state index in [2.05, 4.69) is 9.97 Å². The van der Waals surface area contributed by atoms with Crippen molar-refractivity contribution in [2.75, 3.05) is 0 Å². The lowest BCUT2D eigenvalue weighted by Gasteiger charge is -2.20. The molecular weight excluding hydrogens is 312 g/mol. The summed E-state index contributed by atoms with van der Waals surface area (Å²) in [5.74, 6) is -0.540. The van der Waals surface area contributed by atoms with Crippen molar-refractivity contribution < 1.29 is 13.5 Å². The summed E-state index contributed by atoms with van der Waals surface area (Å²) in [6.45, 7) is 1.71. The molecule has 0 atom stereocenters. The Morgan fingerprint density at radius 1 is 1.33 bits per heavy atom. The van der Waals surface area contributed by atoms with Crippen molar-refractivity contribution in [3.05, 3.63) is 58.1 Å². The summed E-state index contributed by atoms with van der Waals surface area (Å²) in [7, 11) is -3.67. The topological polar surface area (TPSA) is 80.2 Å². The summed E-state index contributed by atoms with van der Waals surface area (Å²) in [6, 6.07) is 4.84. The fourth-order valence-corrected chi connectivity index (χ4v) is 4.29. The number of sulfone groups is 1. The van der Waals surface area contributed by atoms with Crippen LogP contribution in [0.2, 0.25) is 5.15 Å². The van der Waals surface area contributed by atoms with Crippen molar-refractivity contribution >= 4 is 32.1 Å². The van der Waals surface area contributed by atoms with Gasteiger partial charge in [0.1, 0.15) is 15.8 Å². The number of fused-ring (bicyclic) bond motifs is 1. The SMILES string of the molecule is Cc1cc(Cl)ncc1C1=C(O)c2ncccc2CS1(=O)=O. The van der Waals surface area contributed by atoms with E-state index in [1.54, 1.807) is 25.1 Å². The van der Waals surface area contributed by atoms with Gasteiger partial charge in [0.2, 0.25) is 0 Å².